The standard InChI is InChI=1S/C15H15FN2O4S/c1-23(20,21)18-14-5-3-2-4-13(14)17-15(19)10-22-12-8-6-11(16)7-9-12/h2-9,18H,10H2,1H3,(H,17,19). The lowest BCUT2D eigenvalue weighted by molar-refractivity contribution is -0.118. The number of benzene rings is 2. The fourth-order valence-corrected chi connectivity index (χ4v) is 2.32. The molecule has 2 aromatic carbocycles. The van der Waals surface area contributed by atoms with E-state index in [0.29, 0.717) is 11.4 Å². The molecule has 2 N–H and O–H groups in total. The Labute approximate surface area is 133 Å². The minimum Gasteiger partial charge on any atom is -0.484 e. The third-order valence-corrected chi connectivity index (χ3v) is 3.27. The highest BCUT2D eigenvalue weighted by atomic mass is 32.2. The van der Waals surface area contributed by atoms with Crippen LogP contribution in [0.1, 0.15) is 0 Å². The molecule has 0 aliphatic carbocycles. The number of nitrogens with one attached hydrogen (secondary N) is 2. The second kappa shape index (κ2) is 7.10. The van der Waals surface area contributed by atoms with E-state index in [2.05, 4.69) is 10.0 Å². The smallest absolute Gasteiger partial charge is 0.262 e. The Balaban J connectivity index is 1.99. The number of carbonyl (C=O) groups excluding carboxylic acids is 1. The fraction of sp³-hybridized carbons (Fsp3) is 0.133. The fourth-order valence-electron chi connectivity index (χ4n) is 1.75. The molecule has 122 valence electrons. The lowest BCUT2D eigenvalue weighted by Gasteiger charge is -2.12. The number of anilines is 2. The monoisotopic (exact) mass is 338 g/mol. The van der Waals surface area contributed by atoms with Gasteiger partial charge in [-0.1, -0.05) is 12.1 Å². The molecular weight excluding hydrogens is 323 g/mol. The van der Waals surface area contributed by atoms with Crippen LogP contribution in [0.25, 0.3) is 0 Å². The van der Waals surface area contributed by atoms with Crippen molar-refractivity contribution in [2.75, 3.05) is 22.9 Å². The second-order valence-electron chi connectivity index (χ2n) is 4.71. The Hall–Kier alpha value is -2.61. The molecule has 2 aromatic rings. The number of halogens is 1. The number of hydrogen-bond acceptors (Lipinski definition) is 4. The first kappa shape index (κ1) is 16.8. The lowest BCUT2D eigenvalue weighted by atomic mass is 10.2. The summed E-state index contributed by atoms with van der Waals surface area (Å²) in [5.74, 6) is -0.524. The molecular formula is C15H15FN2O4S. The molecule has 0 saturated carbocycles. The van der Waals surface area contributed by atoms with E-state index in [1.54, 1.807) is 18.2 Å². The highest BCUT2D eigenvalue weighted by Crippen LogP contribution is 2.21. The molecule has 0 spiro atoms. The molecule has 0 radical (unpaired) electrons. The minimum absolute atomic E-state index is 0.255. The van der Waals surface area contributed by atoms with Gasteiger partial charge in [-0.3, -0.25) is 9.52 Å². The highest BCUT2D eigenvalue weighted by Gasteiger charge is 2.10. The Bertz CT molecular complexity index is 791. The minimum atomic E-state index is -3.46. The van der Waals surface area contributed by atoms with E-state index in [0.717, 1.165) is 6.26 Å². The predicted octanol–water partition coefficient (Wildman–Crippen LogP) is 2.21. The van der Waals surface area contributed by atoms with Gasteiger partial charge in [0.15, 0.2) is 6.61 Å². The topological polar surface area (TPSA) is 84.5 Å². The molecule has 23 heavy (non-hydrogen) atoms. The molecule has 0 saturated heterocycles. The van der Waals surface area contributed by atoms with Crippen LogP contribution in [0.15, 0.2) is 48.5 Å². The van der Waals surface area contributed by atoms with Crippen LogP contribution in [0.5, 0.6) is 5.75 Å². The van der Waals surface area contributed by atoms with Gasteiger partial charge in [-0.25, -0.2) is 12.8 Å². The van der Waals surface area contributed by atoms with Gasteiger partial charge in [-0.2, -0.15) is 0 Å². The molecule has 0 unspecified atom stereocenters. The van der Waals surface area contributed by atoms with Crippen LogP contribution >= 0.6 is 0 Å². The Kier molecular flexibility index (Phi) is 5.17. The van der Waals surface area contributed by atoms with Crippen molar-refractivity contribution in [1.82, 2.24) is 0 Å². The SMILES string of the molecule is CS(=O)(=O)Nc1ccccc1NC(=O)COc1ccc(F)cc1. The van der Waals surface area contributed by atoms with Gasteiger partial charge in [-0.05, 0) is 36.4 Å². The van der Waals surface area contributed by atoms with Gasteiger partial charge in [0.1, 0.15) is 11.6 Å². The third-order valence-electron chi connectivity index (χ3n) is 2.68. The van der Waals surface area contributed by atoms with Crippen molar-refractivity contribution in [2.24, 2.45) is 0 Å². The first-order valence-corrected chi connectivity index (χ1v) is 8.48. The number of para-hydroxylation sites is 2. The molecule has 0 aliphatic heterocycles. The molecule has 0 aromatic heterocycles. The van der Waals surface area contributed by atoms with E-state index in [9.17, 15) is 17.6 Å². The van der Waals surface area contributed by atoms with Crippen LogP contribution in [-0.4, -0.2) is 27.2 Å². The molecule has 1 amide bonds. The first-order valence-electron chi connectivity index (χ1n) is 6.58. The van der Waals surface area contributed by atoms with Crippen LogP contribution in [0.3, 0.4) is 0 Å². The van der Waals surface area contributed by atoms with Crippen molar-refractivity contribution in [3.05, 3.63) is 54.3 Å². The maximum Gasteiger partial charge on any atom is 0.262 e. The average Bonchev–Trinajstić information content (AvgIpc) is 2.47. The molecule has 6 nitrogen and oxygen atoms in total. The van der Waals surface area contributed by atoms with Gasteiger partial charge in [0.2, 0.25) is 10.0 Å². The number of rotatable bonds is 6. The summed E-state index contributed by atoms with van der Waals surface area (Å²) >= 11 is 0. The molecule has 2 rings (SSSR count). The van der Waals surface area contributed by atoms with Crippen molar-refractivity contribution in [1.29, 1.82) is 0 Å². The number of ether oxygens (including phenoxy) is 1. The number of amides is 1. The van der Waals surface area contributed by atoms with E-state index in [-0.39, 0.29) is 12.3 Å². The summed E-state index contributed by atoms with van der Waals surface area (Å²) in [5, 5.41) is 2.55. The van der Waals surface area contributed by atoms with Crippen molar-refractivity contribution in [3.8, 4) is 5.75 Å². The van der Waals surface area contributed by atoms with Gasteiger partial charge in [0.05, 0.1) is 17.6 Å². The van der Waals surface area contributed by atoms with E-state index < -0.39 is 21.7 Å². The van der Waals surface area contributed by atoms with Crippen LogP contribution < -0.4 is 14.8 Å². The van der Waals surface area contributed by atoms with Gasteiger partial charge in [-0.15, -0.1) is 0 Å². The van der Waals surface area contributed by atoms with E-state index >= 15 is 0 Å². The zero-order valence-corrected chi connectivity index (χ0v) is 13.1. The zero-order chi connectivity index (χ0) is 16.9. The lowest BCUT2D eigenvalue weighted by Crippen LogP contribution is -2.21. The van der Waals surface area contributed by atoms with Crippen LogP contribution in [-0.2, 0) is 14.8 Å². The number of sulfonamides is 1. The summed E-state index contributed by atoms with van der Waals surface area (Å²) < 4.78 is 42.9. The summed E-state index contributed by atoms with van der Waals surface area (Å²) in [6.07, 6.45) is 1.02. The molecule has 0 heterocycles. The van der Waals surface area contributed by atoms with Crippen molar-refractivity contribution >= 4 is 27.3 Å². The molecule has 0 bridgehead atoms. The number of carbonyl (C=O) groups is 1. The maximum absolute atomic E-state index is 12.8. The van der Waals surface area contributed by atoms with Crippen molar-refractivity contribution in [2.45, 2.75) is 0 Å². The summed E-state index contributed by atoms with van der Waals surface area (Å²) in [6.45, 7) is -0.293. The molecule has 0 fully saturated rings. The Morgan fingerprint density at radius 3 is 2.30 bits per heavy atom. The van der Waals surface area contributed by atoms with Gasteiger partial charge in [0.25, 0.3) is 5.91 Å². The normalized spacial score (nSPS) is 10.9. The first-order chi connectivity index (χ1) is 10.8. The predicted molar refractivity (Wildman–Crippen MR) is 85.4 cm³/mol. The largest absolute Gasteiger partial charge is 0.484 e. The summed E-state index contributed by atoms with van der Waals surface area (Å²) in [7, 11) is -3.46. The van der Waals surface area contributed by atoms with Gasteiger partial charge in [0, 0.05) is 0 Å². The number of hydrogen-bond donors (Lipinski definition) is 2. The average molecular weight is 338 g/mol. The maximum atomic E-state index is 12.8. The Morgan fingerprint density at radius 2 is 1.70 bits per heavy atom. The van der Waals surface area contributed by atoms with E-state index in [4.69, 9.17) is 4.74 Å². The highest BCUT2D eigenvalue weighted by molar-refractivity contribution is 7.92. The summed E-state index contributed by atoms with van der Waals surface area (Å²) in [6, 6.07) is 11.6. The summed E-state index contributed by atoms with van der Waals surface area (Å²) in [5.41, 5.74) is 0.566. The van der Waals surface area contributed by atoms with Crippen LogP contribution in [0.4, 0.5) is 15.8 Å². The van der Waals surface area contributed by atoms with Crippen molar-refractivity contribution < 1.29 is 22.3 Å². The molecule has 0 aliphatic rings. The quantitative estimate of drug-likeness (QED) is 0.846. The van der Waals surface area contributed by atoms with Crippen molar-refractivity contribution in [3.63, 3.8) is 0 Å². The Morgan fingerprint density at radius 1 is 1.09 bits per heavy atom. The van der Waals surface area contributed by atoms with Crippen LogP contribution in [0.2, 0.25) is 0 Å². The second-order valence-corrected chi connectivity index (χ2v) is 6.46. The zero-order valence-electron chi connectivity index (χ0n) is 12.2. The van der Waals surface area contributed by atoms with Gasteiger partial charge >= 0.3 is 0 Å². The summed E-state index contributed by atoms with van der Waals surface area (Å²) in [4.78, 5) is 11.9. The van der Waals surface area contributed by atoms with Crippen LogP contribution in [0, 0.1) is 5.82 Å². The van der Waals surface area contributed by atoms with E-state index in [1.165, 1.54) is 30.3 Å². The van der Waals surface area contributed by atoms with Gasteiger partial charge < -0.3 is 10.1 Å². The molecule has 0 atom stereocenters. The third kappa shape index (κ3) is 5.59. The molecule has 8 heteroatoms. The van der Waals surface area contributed by atoms with E-state index in [1.807, 2.05) is 0 Å².